The van der Waals surface area contributed by atoms with Gasteiger partial charge in [-0.2, -0.15) is 4.98 Å². The van der Waals surface area contributed by atoms with Gasteiger partial charge in [0.15, 0.2) is 0 Å². The van der Waals surface area contributed by atoms with Crippen molar-refractivity contribution in [2.75, 3.05) is 34.8 Å². The minimum absolute atomic E-state index is 0.608. The number of hydrogen-bond donors (Lipinski definition) is 1. The Morgan fingerprint density at radius 3 is 2.41 bits per heavy atom. The molecule has 29 heavy (non-hydrogen) atoms. The Morgan fingerprint density at radius 2 is 1.72 bits per heavy atom. The zero-order chi connectivity index (χ0) is 20.1. The molecule has 1 aliphatic heterocycles. The van der Waals surface area contributed by atoms with Gasteiger partial charge in [0.25, 0.3) is 0 Å². The molecular formula is C24H29N5. The van der Waals surface area contributed by atoms with Gasteiger partial charge in [0.2, 0.25) is 5.95 Å². The molecule has 4 rings (SSSR count). The van der Waals surface area contributed by atoms with Crippen LogP contribution in [-0.4, -0.2) is 29.6 Å². The van der Waals surface area contributed by atoms with Gasteiger partial charge in [-0.25, -0.2) is 4.98 Å². The fourth-order valence-corrected chi connectivity index (χ4v) is 3.80. The van der Waals surface area contributed by atoms with Gasteiger partial charge < -0.3 is 15.1 Å². The number of hydrogen-bond acceptors (Lipinski definition) is 5. The molecule has 5 nitrogen and oxygen atoms in total. The Kier molecular flexibility index (Phi) is 5.94. The third kappa shape index (κ3) is 4.67. The molecule has 2 aromatic carbocycles. The standard InChI is InChI=1S/C24H29N5/c1-3-29(22-7-5-4-6-8-22)23-13-16-25-24(27-23)26-20-9-11-21(12-10-20)28-17-14-19(2)15-18-28/h4-13,16,19H,3,14-15,17-18H2,1-2H3,(H,25,26,27). The van der Waals surface area contributed by atoms with E-state index < -0.39 is 0 Å². The van der Waals surface area contributed by atoms with E-state index in [2.05, 4.69) is 70.3 Å². The first kappa shape index (κ1) is 19.2. The maximum Gasteiger partial charge on any atom is 0.229 e. The minimum Gasteiger partial charge on any atom is -0.372 e. The van der Waals surface area contributed by atoms with Gasteiger partial charge in [-0.1, -0.05) is 25.1 Å². The molecule has 0 atom stereocenters. The first-order valence-corrected chi connectivity index (χ1v) is 10.5. The average molecular weight is 388 g/mol. The predicted octanol–water partition coefficient (Wildman–Crippen LogP) is 5.61. The van der Waals surface area contributed by atoms with Crippen LogP contribution < -0.4 is 15.1 Å². The lowest BCUT2D eigenvalue weighted by Gasteiger charge is -2.32. The number of rotatable bonds is 6. The Balaban J connectivity index is 1.46. The molecule has 1 fully saturated rings. The molecule has 0 aliphatic carbocycles. The van der Waals surface area contributed by atoms with Crippen molar-refractivity contribution < 1.29 is 0 Å². The quantitative estimate of drug-likeness (QED) is 0.595. The fourth-order valence-electron chi connectivity index (χ4n) is 3.80. The SMILES string of the molecule is CCN(c1ccccc1)c1ccnc(Nc2ccc(N3CCC(C)CC3)cc2)n1. The Hall–Kier alpha value is -3.08. The Bertz CT molecular complexity index is 902. The number of aromatic nitrogens is 2. The highest BCUT2D eigenvalue weighted by atomic mass is 15.2. The van der Waals surface area contributed by atoms with E-state index >= 15 is 0 Å². The highest BCUT2D eigenvalue weighted by molar-refractivity contribution is 5.63. The van der Waals surface area contributed by atoms with Gasteiger partial charge >= 0.3 is 0 Å². The normalized spacial score (nSPS) is 14.6. The van der Waals surface area contributed by atoms with Crippen molar-refractivity contribution in [1.29, 1.82) is 0 Å². The topological polar surface area (TPSA) is 44.3 Å². The Morgan fingerprint density at radius 1 is 1.00 bits per heavy atom. The fraction of sp³-hybridized carbons (Fsp3) is 0.333. The zero-order valence-electron chi connectivity index (χ0n) is 17.3. The highest BCUT2D eigenvalue weighted by Crippen LogP contribution is 2.26. The van der Waals surface area contributed by atoms with Crippen LogP contribution in [0.1, 0.15) is 26.7 Å². The summed E-state index contributed by atoms with van der Waals surface area (Å²) in [5.41, 5.74) is 3.41. The summed E-state index contributed by atoms with van der Waals surface area (Å²) in [5, 5.41) is 3.34. The summed E-state index contributed by atoms with van der Waals surface area (Å²) in [7, 11) is 0. The van der Waals surface area contributed by atoms with Crippen molar-refractivity contribution in [3.05, 3.63) is 66.9 Å². The van der Waals surface area contributed by atoms with Crippen molar-refractivity contribution in [1.82, 2.24) is 9.97 Å². The molecule has 3 aromatic rings. The molecule has 0 bridgehead atoms. The van der Waals surface area contributed by atoms with Crippen molar-refractivity contribution in [2.45, 2.75) is 26.7 Å². The molecule has 0 unspecified atom stereocenters. The molecule has 150 valence electrons. The van der Waals surface area contributed by atoms with Crippen molar-refractivity contribution in [3.63, 3.8) is 0 Å². The lowest BCUT2D eigenvalue weighted by Crippen LogP contribution is -2.32. The van der Waals surface area contributed by atoms with Gasteiger partial charge in [0, 0.05) is 42.9 Å². The van der Waals surface area contributed by atoms with Crippen LogP contribution in [0.25, 0.3) is 0 Å². The zero-order valence-corrected chi connectivity index (χ0v) is 17.3. The van der Waals surface area contributed by atoms with Crippen LogP contribution in [0.5, 0.6) is 0 Å². The maximum atomic E-state index is 4.73. The monoisotopic (exact) mass is 387 g/mol. The van der Waals surface area contributed by atoms with E-state index in [4.69, 9.17) is 4.98 Å². The average Bonchev–Trinajstić information content (AvgIpc) is 2.77. The van der Waals surface area contributed by atoms with Crippen LogP contribution >= 0.6 is 0 Å². The minimum atomic E-state index is 0.608. The smallest absolute Gasteiger partial charge is 0.229 e. The van der Waals surface area contributed by atoms with Gasteiger partial charge in [0.05, 0.1) is 0 Å². The second-order valence-electron chi connectivity index (χ2n) is 7.66. The highest BCUT2D eigenvalue weighted by Gasteiger charge is 2.16. The molecule has 0 spiro atoms. The molecule has 0 amide bonds. The van der Waals surface area contributed by atoms with Crippen LogP contribution in [0, 0.1) is 5.92 Å². The van der Waals surface area contributed by atoms with Crippen LogP contribution in [0.15, 0.2) is 66.9 Å². The van der Waals surface area contributed by atoms with E-state index in [0.717, 1.165) is 42.7 Å². The molecule has 1 aliphatic rings. The second kappa shape index (κ2) is 8.95. The number of nitrogens with one attached hydrogen (secondary N) is 1. The first-order valence-electron chi connectivity index (χ1n) is 10.5. The summed E-state index contributed by atoms with van der Waals surface area (Å²) < 4.78 is 0. The Labute approximate surface area is 173 Å². The van der Waals surface area contributed by atoms with E-state index in [0.29, 0.717) is 5.95 Å². The summed E-state index contributed by atoms with van der Waals surface area (Å²) >= 11 is 0. The van der Waals surface area contributed by atoms with Crippen molar-refractivity contribution in [3.8, 4) is 0 Å². The van der Waals surface area contributed by atoms with Gasteiger partial charge in [-0.05, 0) is 68.1 Å². The summed E-state index contributed by atoms with van der Waals surface area (Å²) in [4.78, 5) is 13.8. The molecule has 5 heteroatoms. The summed E-state index contributed by atoms with van der Waals surface area (Å²) in [6.45, 7) is 7.60. The molecular weight excluding hydrogens is 358 g/mol. The van der Waals surface area contributed by atoms with Crippen molar-refractivity contribution in [2.24, 2.45) is 5.92 Å². The second-order valence-corrected chi connectivity index (χ2v) is 7.66. The molecule has 1 N–H and O–H groups in total. The molecule has 0 radical (unpaired) electrons. The molecule has 1 aromatic heterocycles. The molecule has 2 heterocycles. The summed E-state index contributed by atoms with van der Waals surface area (Å²) in [6.07, 6.45) is 4.35. The van der Waals surface area contributed by atoms with Crippen LogP contribution in [0.3, 0.4) is 0 Å². The van der Waals surface area contributed by atoms with E-state index in [-0.39, 0.29) is 0 Å². The first-order chi connectivity index (χ1) is 14.2. The third-order valence-corrected chi connectivity index (χ3v) is 5.57. The van der Waals surface area contributed by atoms with Crippen LogP contribution in [-0.2, 0) is 0 Å². The van der Waals surface area contributed by atoms with Gasteiger partial charge in [-0.3, -0.25) is 0 Å². The van der Waals surface area contributed by atoms with E-state index in [1.807, 2.05) is 24.3 Å². The summed E-state index contributed by atoms with van der Waals surface area (Å²) in [5.74, 6) is 2.34. The third-order valence-electron chi connectivity index (χ3n) is 5.57. The van der Waals surface area contributed by atoms with E-state index in [1.165, 1.54) is 18.5 Å². The van der Waals surface area contributed by atoms with Crippen LogP contribution in [0.2, 0.25) is 0 Å². The van der Waals surface area contributed by atoms with Gasteiger partial charge in [-0.15, -0.1) is 0 Å². The van der Waals surface area contributed by atoms with Gasteiger partial charge in [0.1, 0.15) is 5.82 Å². The number of para-hydroxylation sites is 1. The maximum absolute atomic E-state index is 4.73. The lowest BCUT2D eigenvalue weighted by molar-refractivity contribution is 0.438. The molecule has 1 saturated heterocycles. The van der Waals surface area contributed by atoms with Crippen LogP contribution in [0.4, 0.5) is 28.8 Å². The number of nitrogens with zero attached hydrogens (tertiary/aromatic N) is 4. The number of piperidine rings is 1. The largest absolute Gasteiger partial charge is 0.372 e. The number of anilines is 5. The predicted molar refractivity (Wildman–Crippen MR) is 121 cm³/mol. The molecule has 0 saturated carbocycles. The van der Waals surface area contributed by atoms with Crippen molar-refractivity contribution >= 4 is 28.8 Å². The summed E-state index contributed by atoms with van der Waals surface area (Å²) in [6, 6.07) is 20.8. The number of benzene rings is 2. The lowest BCUT2D eigenvalue weighted by atomic mass is 9.99. The van der Waals surface area contributed by atoms with E-state index in [1.54, 1.807) is 6.20 Å². The van der Waals surface area contributed by atoms with E-state index in [9.17, 15) is 0 Å².